The Labute approximate surface area is 221 Å². The molecule has 0 amide bonds. The van der Waals surface area contributed by atoms with Gasteiger partial charge in [-0.05, 0) is 64.7 Å². The number of pyridine rings is 1. The molecule has 0 aliphatic carbocycles. The fourth-order valence-electron chi connectivity index (χ4n) is 5.14. The van der Waals surface area contributed by atoms with Gasteiger partial charge in [0.25, 0.3) is 0 Å². The molecular formula is C35H24N2O. The molecule has 0 bridgehead atoms. The largest absolute Gasteiger partial charge is 0.454 e. The Hall–Kier alpha value is -5.15. The molecule has 0 atom stereocenters. The second kappa shape index (κ2) is 9.38. The molecule has 38 heavy (non-hydrogen) atoms. The van der Waals surface area contributed by atoms with Crippen molar-refractivity contribution in [2.75, 3.05) is 4.90 Å². The van der Waals surface area contributed by atoms with Crippen LogP contribution in [-0.4, -0.2) is 4.98 Å². The third kappa shape index (κ3) is 3.91. The van der Waals surface area contributed by atoms with Crippen LogP contribution < -0.4 is 4.90 Å². The van der Waals surface area contributed by atoms with E-state index in [0.717, 1.165) is 39.0 Å². The highest BCUT2D eigenvalue weighted by atomic mass is 16.3. The second-order valence-electron chi connectivity index (χ2n) is 9.29. The molecule has 0 fully saturated rings. The summed E-state index contributed by atoms with van der Waals surface area (Å²) in [5.74, 6) is 0. The van der Waals surface area contributed by atoms with E-state index in [2.05, 4.69) is 113 Å². The van der Waals surface area contributed by atoms with Gasteiger partial charge in [0, 0.05) is 23.0 Å². The van der Waals surface area contributed by atoms with Gasteiger partial charge in [0.15, 0.2) is 5.58 Å². The van der Waals surface area contributed by atoms with E-state index in [1.165, 1.54) is 22.3 Å². The number of nitrogens with zero attached hydrogens (tertiary/aromatic N) is 2. The standard InChI is InChI=1S/C35H24N2O/c1-3-8-25(9-4-1)26-14-16-27(17-15-26)28-18-20-30(21-19-28)37(29-10-5-2-6-11-29)32-12-7-13-33-35(32)31-22-23-36-24-34(31)38-33/h1-24H. The molecule has 0 unspecified atom stereocenters. The minimum absolute atomic E-state index is 0.789. The van der Waals surface area contributed by atoms with Crippen LogP contribution in [0.5, 0.6) is 0 Å². The van der Waals surface area contributed by atoms with Crippen LogP contribution in [0.3, 0.4) is 0 Å². The molecule has 0 aliphatic heterocycles. The first-order valence-corrected chi connectivity index (χ1v) is 12.7. The van der Waals surface area contributed by atoms with Crippen molar-refractivity contribution in [2.24, 2.45) is 0 Å². The smallest absolute Gasteiger partial charge is 0.153 e. The van der Waals surface area contributed by atoms with Gasteiger partial charge in [-0.15, -0.1) is 0 Å². The van der Waals surface area contributed by atoms with Crippen molar-refractivity contribution in [1.29, 1.82) is 0 Å². The maximum atomic E-state index is 6.14. The predicted molar refractivity (Wildman–Crippen MR) is 157 cm³/mol. The van der Waals surface area contributed by atoms with E-state index >= 15 is 0 Å². The predicted octanol–water partition coefficient (Wildman–Crippen LogP) is 9.78. The Morgan fingerprint density at radius 3 is 1.74 bits per heavy atom. The van der Waals surface area contributed by atoms with Crippen LogP contribution in [-0.2, 0) is 0 Å². The molecule has 0 saturated carbocycles. The molecule has 7 rings (SSSR count). The highest BCUT2D eigenvalue weighted by Crippen LogP contribution is 2.42. The molecule has 5 aromatic carbocycles. The van der Waals surface area contributed by atoms with Gasteiger partial charge in [-0.2, -0.15) is 0 Å². The van der Waals surface area contributed by atoms with Crippen LogP contribution in [0.15, 0.2) is 150 Å². The van der Waals surface area contributed by atoms with Crippen molar-refractivity contribution in [3.8, 4) is 22.3 Å². The van der Waals surface area contributed by atoms with Crippen molar-refractivity contribution in [1.82, 2.24) is 4.98 Å². The lowest BCUT2D eigenvalue weighted by Crippen LogP contribution is -2.10. The van der Waals surface area contributed by atoms with Crippen LogP contribution in [0.2, 0.25) is 0 Å². The second-order valence-corrected chi connectivity index (χ2v) is 9.29. The lowest BCUT2D eigenvalue weighted by atomic mass is 10.00. The molecule has 3 nitrogen and oxygen atoms in total. The minimum Gasteiger partial charge on any atom is -0.454 e. The van der Waals surface area contributed by atoms with Gasteiger partial charge in [0.05, 0.1) is 17.3 Å². The Morgan fingerprint density at radius 1 is 0.474 bits per heavy atom. The summed E-state index contributed by atoms with van der Waals surface area (Å²) in [7, 11) is 0. The lowest BCUT2D eigenvalue weighted by molar-refractivity contribution is 0.667. The first-order valence-electron chi connectivity index (χ1n) is 12.7. The number of aromatic nitrogens is 1. The van der Waals surface area contributed by atoms with Gasteiger partial charge in [-0.3, -0.25) is 4.98 Å². The number of anilines is 3. The summed E-state index contributed by atoms with van der Waals surface area (Å²) >= 11 is 0. The SMILES string of the molecule is c1ccc(-c2ccc(-c3ccc(N(c4ccccc4)c4cccc5oc6cnccc6c45)cc3)cc2)cc1. The molecule has 3 heteroatoms. The van der Waals surface area contributed by atoms with Crippen LogP contribution in [0.4, 0.5) is 17.1 Å². The first kappa shape index (κ1) is 22.1. The van der Waals surface area contributed by atoms with E-state index in [-0.39, 0.29) is 0 Å². The molecule has 0 aliphatic rings. The summed E-state index contributed by atoms with van der Waals surface area (Å²) in [6.45, 7) is 0. The summed E-state index contributed by atoms with van der Waals surface area (Å²) < 4.78 is 6.14. The van der Waals surface area contributed by atoms with Crippen LogP contribution in [0.1, 0.15) is 0 Å². The number of hydrogen-bond acceptors (Lipinski definition) is 3. The molecule has 0 N–H and O–H groups in total. The van der Waals surface area contributed by atoms with Crippen LogP contribution in [0, 0.1) is 0 Å². The number of para-hydroxylation sites is 1. The molecule has 2 heterocycles. The Balaban J connectivity index is 1.31. The van der Waals surface area contributed by atoms with Crippen molar-refractivity contribution < 1.29 is 4.42 Å². The van der Waals surface area contributed by atoms with Crippen molar-refractivity contribution in [3.05, 3.63) is 146 Å². The minimum atomic E-state index is 0.789. The Bertz CT molecular complexity index is 1840. The zero-order valence-electron chi connectivity index (χ0n) is 20.7. The zero-order chi connectivity index (χ0) is 25.3. The number of furan rings is 1. The molecule has 7 aromatic rings. The fourth-order valence-corrected chi connectivity index (χ4v) is 5.14. The van der Waals surface area contributed by atoms with Gasteiger partial charge in [-0.25, -0.2) is 0 Å². The van der Waals surface area contributed by atoms with Gasteiger partial charge in [0.2, 0.25) is 0 Å². The lowest BCUT2D eigenvalue weighted by Gasteiger charge is -2.26. The molecule has 0 spiro atoms. The van der Waals surface area contributed by atoms with Gasteiger partial charge in [-0.1, -0.05) is 91.0 Å². The third-order valence-corrected chi connectivity index (χ3v) is 6.98. The number of hydrogen-bond donors (Lipinski definition) is 0. The average Bonchev–Trinajstić information content (AvgIpc) is 3.38. The van der Waals surface area contributed by atoms with Gasteiger partial charge < -0.3 is 9.32 Å². The average molecular weight is 489 g/mol. The summed E-state index contributed by atoms with van der Waals surface area (Å²) in [5.41, 5.74) is 9.69. The summed E-state index contributed by atoms with van der Waals surface area (Å²) in [4.78, 5) is 6.54. The first-order chi connectivity index (χ1) is 18.8. The Kier molecular flexibility index (Phi) is 5.45. The fraction of sp³-hybridized carbons (Fsp3) is 0. The molecule has 180 valence electrons. The van der Waals surface area contributed by atoms with E-state index in [1.54, 1.807) is 6.20 Å². The van der Waals surface area contributed by atoms with E-state index in [4.69, 9.17) is 4.42 Å². The van der Waals surface area contributed by atoms with E-state index < -0.39 is 0 Å². The molecular weight excluding hydrogens is 464 g/mol. The monoisotopic (exact) mass is 488 g/mol. The summed E-state index contributed by atoms with van der Waals surface area (Å²) in [6.07, 6.45) is 3.60. The van der Waals surface area contributed by atoms with Crippen molar-refractivity contribution in [2.45, 2.75) is 0 Å². The quantitative estimate of drug-likeness (QED) is 0.241. The number of fused-ring (bicyclic) bond motifs is 3. The Morgan fingerprint density at radius 2 is 1.05 bits per heavy atom. The van der Waals surface area contributed by atoms with Crippen molar-refractivity contribution >= 4 is 39.0 Å². The maximum absolute atomic E-state index is 6.14. The molecule has 2 aromatic heterocycles. The van der Waals surface area contributed by atoms with E-state index in [0.29, 0.717) is 0 Å². The molecule has 0 saturated heterocycles. The number of benzene rings is 5. The highest BCUT2D eigenvalue weighted by molar-refractivity contribution is 6.13. The van der Waals surface area contributed by atoms with Crippen LogP contribution >= 0.6 is 0 Å². The van der Waals surface area contributed by atoms with E-state index in [1.807, 2.05) is 36.5 Å². The van der Waals surface area contributed by atoms with E-state index in [9.17, 15) is 0 Å². The summed E-state index contributed by atoms with van der Waals surface area (Å²) in [6, 6.07) is 46.7. The number of rotatable bonds is 5. The topological polar surface area (TPSA) is 29.3 Å². The normalized spacial score (nSPS) is 11.2. The zero-order valence-corrected chi connectivity index (χ0v) is 20.7. The highest BCUT2D eigenvalue weighted by Gasteiger charge is 2.19. The van der Waals surface area contributed by atoms with Crippen molar-refractivity contribution in [3.63, 3.8) is 0 Å². The molecule has 0 radical (unpaired) electrons. The van der Waals surface area contributed by atoms with Gasteiger partial charge >= 0.3 is 0 Å². The summed E-state index contributed by atoms with van der Waals surface area (Å²) in [5, 5.41) is 2.14. The van der Waals surface area contributed by atoms with Crippen LogP contribution in [0.25, 0.3) is 44.2 Å². The maximum Gasteiger partial charge on any atom is 0.153 e. The third-order valence-electron chi connectivity index (χ3n) is 6.98. The van der Waals surface area contributed by atoms with Gasteiger partial charge in [0.1, 0.15) is 5.58 Å².